The van der Waals surface area contributed by atoms with Gasteiger partial charge in [-0.05, 0) is 20.3 Å². The van der Waals surface area contributed by atoms with E-state index in [1.165, 1.54) is 12.5 Å². The number of carbonyl (C=O) groups is 2. The first-order chi connectivity index (χ1) is 6.54. The van der Waals surface area contributed by atoms with Crippen molar-refractivity contribution in [3.63, 3.8) is 0 Å². The van der Waals surface area contributed by atoms with Crippen LogP contribution in [0.3, 0.4) is 0 Å². The summed E-state index contributed by atoms with van der Waals surface area (Å²) in [4.78, 5) is 21.7. The first-order valence-corrected chi connectivity index (χ1v) is 4.64. The van der Waals surface area contributed by atoms with Crippen LogP contribution in [0.4, 0.5) is 0 Å². The topological polar surface area (TPSA) is 55.4 Å². The molecule has 1 aliphatic heterocycles. The molecule has 0 aliphatic carbocycles. The number of β-lactam (4-membered cyclic amide) rings is 1. The van der Waals surface area contributed by atoms with Gasteiger partial charge in [-0.1, -0.05) is 11.6 Å². The molecule has 1 rings (SSSR count). The molecular weight excluding hydrogens is 182 g/mol. The molecule has 1 saturated heterocycles. The van der Waals surface area contributed by atoms with Gasteiger partial charge < -0.3 is 10.1 Å². The van der Waals surface area contributed by atoms with E-state index >= 15 is 0 Å². The van der Waals surface area contributed by atoms with E-state index in [4.69, 9.17) is 4.74 Å². The maximum atomic E-state index is 11.0. The maximum Gasteiger partial charge on any atom is 0.303 e. The van der Waals surface area contributed by atoms with Crippen LogP contribution in [-0.2, 0) is 14.3 Å². The number of allylic oxidation sites excluding steroid dienone is 1. The second-order valence-corrected chi connectivity index (χ2v) is 3.48. The summed E-state index contributed by atoms with van der Waals surface area (Å²) in [5, 5.41) is 2.71. The van der Waals surface area contributed by atoms with Crippen LogP contribution >= 0.6 is 0 Å². The number of hydrogen-bond donors (Lipinski definition) is 1. The molecule has 0 aromatic rings. The average molecular weight is 197 g/mol. The molecule has 0 saturated carbocycles. The Bertz CT molecular complexity index is 283. The van der Waals surface area contributed by atoms with E-state index in [0.717, 1.165) is 6.42 Å². The molecule has 78 valence electrons. The Morgan fingerprint density at radius 1 is 1.57 bits per heavy atom. The predicted octanol–water partition coefficient (Wildman–Crippen LogP) is 0.773. The predicted molar refractivity (Wildman–Crippen MR) is 51.5 cm³/mol. The summed E-state index contributed by atoms with van der Waals surface area (Å²) in [7, 11) is 0. The van der Waals surface area contributed by atoms with Gasteiger partial charge in [-0.2, -0.15) is 0 Å². The Hall–Kier alpha value is -1.32. The van der Waals surface area contributed by atoms with Crippen molar-refractivity contribution in [1.29, 1.82) is 0 Å². The van der Waals surface area contributed by atoms with Gasteiger partial charge in [-0.3, -0.25) is 9.59 Å². The van der Waals surface area contributed by atoms with Crippen molar-refractivity contribution in [2.24, 2.45) is 0 Å². The summed E-state index contributed by atoms with van der Waals surface area (Å²) in [5.41, 5.74) is 1.17. The second-order valence-electron chi connectivity index (χ2n) is 3.48. The Labute approximate surface area is 83.3 Å². The zero-order chi connectivity index (χ0) is 10.7. The largest absolute Gasteiger partial charge is 0.450 e. The lowest BCUT2D eigenvalue weighted by Gasteiger charge is -2.35. The molecule has 2 atom stereocenters. The Morgan fingerprint density at radius 3 is 2.64 bits per heavy atom. The molecule has 1 fully saturated rings. The minimum atomic E-state index is -0.595. The monoisotopic (exact) mass is 197 g/mol. The van der Waals surface area contributed by atoms with Crippen molar-refractivity contribution in [1.82, 2.24) is 5.32 Å². The van der Waals surface area contributed by atoms with Crippen LogP contribution in [0.2, 0.25) is 0 Å². The highest BCUT2D eigenvalue weighted by atomic mass is 16.6. The van der Waals surface area contributed by atoms with Crippen LogP contribution in [0.15, 0.2) is 11.6 Å². The van der Waals surface area contributed by atoms with Gasteiger partial charge in [0, 0.05) is 6.92 Å². The van der Waals surface area contributed by atoms with Crippen LogP contribution in [0.25, 0.3) is 0 Å². The third-order valence-electron chi connectivity index (χ3n) is 2.28. The molecule has 1 N–H and O–H groups in total. The fraction of sp³-hybridized carbons (Fsp3) is 0.600. The summed E-state index contributed by atoms with van der Waals surface area (Å²) in [5.74, 6) is -0.609. The van der Waals surface area contributed by atoms with Gasteiger partial charge in [0.1, 0.15) is 0 Å². The number of amides is 1. The summed E-state index contributed by atoms with van der Waals surface area (Å²) >= 11 is 0. The molecule has 0 radical (unpaired) electrons. The zero-order valence-electron chi connectivity index (χ0n) is 8.66. The van der Waals surface area contributed by atoms with Crippen molar-refractivity contribution < 1.29 is 14.3 Å². The summed E-state index contributed by atoms with van der Waals surface area (Å²) in [6, 6.07) is -0.0531. The molecule has 4 nitrogen and oxygen atoms in total. The van der Waals surface area contributed by atoms with Gasteiger partial charge in [0.15, 0.2) is 6.10 Å². The lowest BCUT2D eigenvalue weighted by Crippen LogP contribution is -2.63. The maximum absolute atomic E-state index is 11.0. The minimum Gasteiger partial charge on any atom is -0.450 e. The average Bonchev–Trinajstić information content (AvgIpc) is 2.13. The van der Waals surface area contributed by atoms with Crippen molar-refractivity contribution in [2.45, 2.75) is 39.3 Å². The normalized spacial score (nSPS) is 26.5. The highest BCUT2D eigenvalue weighted by Gasteiger charge is 2.41. The molecule has 0 aromatic carbocycles. The third-order valence-corrected chi connectivity index (χ3v) is 2.28. The highest BCUT2D eigenvalue weighted by molar-refractivity contribution is 5.90. The summed E-state index contributed by atoms with van der Waals surface area (Å²) in [6.45, 7) is 5.23. The van der Waals surface area contributed by atoms with E-state index in [9.17, 15) is 9.59 Å². The minimum absolute atomic E-state index is 0.0531. The van der Waals surface area contributed by atoms with E-state index in [1.54, 1.807) is 0 Å². The van der Waals surface area contributed by atoms with Crippen molar-refractivity contribution >= 4 is 11.9 Å². The fourth-order valence-electron chi connectivity index (χ4n) is 1.36. The fourth-order valence-corrected chi connectivity index (χ4v) is 1.36. The highest BCUT2D eigenvalue weighted by Crippen LogP contribution is 2.18. The smallest absolute Gasteiger partial charge is 0.303 e. The van der Waals surface area contributed by atoms with E-state index in [-0.39, 0.29) is 11.9 Å². The summed E-state index contributed by atoms with van der Waals surface area (Å²) < 4.78 is 4.88. The first-order valence-electron chi connectivity index (χ1n) is 4.64. The van der Waals surface area contributed by atoms with Gasteiger partial charge in [-0.15, -0.1) is 0 Å². The van der Waals surface area contributed by atoms with Gasteiger partial charge in [-0.25, -0.2) is 0 Å². The van der Waals surface area contributed by atoms with E-state index in [0.29, 0.717) is 0 Å². The molecule has 1 heterocycles. The van der Waals surface area contributed by atoms with Crippen LogP contribution in [0, 0.1) is 0 Å². The summed E-state index contributed by atoms with van der Waals surface area (Å²) in [6.07, 6.45) is 2.12. The van der Waals surface area contributed by atoms with E-state index < -0.39 is 12.1 Å². The zero-order valence-corrected chi connectivity index (χ0v) is 8.66. The third kappa shape index (κ3) is 2.34. The number of ether oxygens (including phenoxy) is 1. The van der Waals surface area contributed by atoms with Crippen LogP contribution in [-0.4, -0.2) is 24.0 Å². The van der Waals surface area contributed by atoms with Gasteiger partial charge in [0.2, 0.25) is 0 Å². The SMILES string of the molecule is CC=C(C)C[C@H]1NC(=O)[C@H]1OC(C)=O. The van der Waals surface area contributed by atoms with Gasteiger partial charge in [0.05, 0.1) is 6.04 Å². The molecule has 1 amide bonds. The molecule has 0 unspecified atom stereocenters. The number of hydrogen-bond acceptors (Lipinski definition) is 3. The van der Waals surface area contributed by atoms with Crippen molar-refractivity contribution in [2.75, 3.05) is 0 Å². The van der Waals surface area contributed by atoms with Crippen LogP contribution in [0.5, 0.6) is 0 Å². The lowest BCUT2D eigenvalue weighted by molar-refractivity contribution is -0.164. The second kappa shape index (κ2) is 4.26. The Morgan fingerprint density at radius 2 is 2.21 bits per heavy atom. The quantitative estimate of drug-likeness (QED) is 0.413. The number of esters is 1. The van der Waals surface area contributed by atoms with Crippen molar-refractivity contribution in [3.8, 4) is 0 Å². The van der Waals surface area contributed by atoms with Crippen LogP contribution < -0.4 is 5.32 Å². The molecule has 0 aromatic heterocycles. The standard InChI is InChI=1S/C10H15NO3/c1-4-6(2)5-8-9(10(13)11-8)14-7(3)12/h4,8-9H,5H2,1-3H3,(H,11,13)/t8-,9+/m1/s1. The van der Waals surface area contributed by atoms with Gasteiger partial charge >= 0.3 is 5.97 Å². The number of carbonyl (C=O) groups excluding carboxylic acids is 2. The molecule has 0 bridgehead atoms. The molecule has 14 heavy (non-hydrogen) atoms. The molecule has 4 heteroatoms. The van der Waals surface area contributed by atoms with E-state index in [1.807, 2.05) is 19.9 Å². The molecule has 0 spiro atoms. The van der Waals surface area contributed by atoms with Crippen molar-refractivity contribution in [3.05, 3.63) is 11.6 Å². The van der Waals surface area contributed by atoms with E-state index in [2.05, 4.69) is 5.32 Å². The Balaban J connectivity index is 2.48. The van der Waals surface area contributed by atoms with Gasteiger partial charge in [0.25, 0.3) is 5.91 Å². The number of nitrogens with one attached hydrogen (secondary N) is 1. The van der Waals surface area contributed by atoms with Crippen LogP contribution in [0.1, 0.15) is 27.2 Å². The lowest BCUT2D eigenvalue weighted by atomic mass is 9.95. The number of rotatable bonds is 3. The molecule has 1 aliphatic rings. The first kappa shape index (κ1) is 10.8. The molecular formula is C10H15NO3. The Kier molecular flexibility index (Phi) is 3.28.